The first-order valence-electron chi connectivity index (χ1n) is 4.07. The Morgan fingerprint density at radius 1 is 1.31 bits per heavy atom. The first kappa shape index (κ1) is 12.6. The number of hydrogen-bond acceptors (Lipinski definition) is 4. The van der Waals surface area contributed by atoms with Gasteiger partial charge in [-0.2, -0.15) is 0 Å². The molecular formula is C8H15O4P. The van der Waals surface area contributed by atoms with Crippen molar-refractivity contribution in [1.82, 2.24) is 0 Å². The van der Waals surface area contributed by atoms with Crippen molar-refractivity contribution in [2.75, 3.05) is 13.2 Å². The lowest BCUT2D eigenvalue weighted by Crippen LogP contribution is -2.07. The lowest BCUT2D eigenvalue weighted by molar-refractivity contribution is -0.110. The predicted octanol–water partition coefficient (Wildman–Crippen LogP) is 2.36. The van der Waals surface area contributed by atoms with Crippen molar-refractivity contribution in [1.29, 1.82) is 0 Å². The molecule has 0 fully saturated rings. The average Bonchev–Trinajstić information content (AvgIpc) is 2.03. The van der Waals surface area contributed by atoms with Crippen LogP contribution in [0.3, 0.4) is 0 Å². The highest BCUT2D eigenvalue weighted by molar-refractivity contribution is 7.72. The first-order chi connectivity index (χ1) is 5.98. The van der Waals surface area contributed by atoms with Crippen molar-refractivity contribution in [2.24, 2.45) is 0 Å². The Balaban J connectivity index is 4.68. The summed E-state index contributed by atoms with van der Waals surface area (Å²) >= 11 is 0. The van der Waals surface area contributed by atoms with Crippen LogP contribution in [-0.2, 0) is 18.4 Å². The van der Waals surface area contributed by atoms with Crippen LogP contribution in [0.2, 0.25) is 0 Å². The Labute approximate surface area is 78.5 Å². The molecule has 13 heavy (non-hydrogen) atoms. The van der Waals surface area contributed by atoms with Gasteiger partial charge in [0.05, 0.1) is 13.2 Å². The Morgan fingerprint density at radius 3 is 1.92 bits per heavy atom. The minimum atomic E-state index is -3.60. The lowest BCUT2D eigenvalue weighted by atomic mass is 10.4. The highest BCUT2D eigenvalue weighted by Crippen LogP contribution is 2.50. The molecule has 0 aromatic carbocycles. The predicted molar refractivity (Wildman–Crippen MR) is 50.7 cm³/mol. The Kier molecular flexibility index (Phi) is 5.14. The second-order valence-electron chi connectivity index (χ2n) is 2.42. The first-order valence-corrected chi connectivity index (χ1v) is 5.61. The van der Waals surface area contributed by atoms with Crippen molar-refractivity contribution in [3.05, 3.63) is 12.2 Å². The number of carbonyl (C=O) groups excluding carboxylic acids is 1. The van der Waals surface area contributed by atoms with Crippen molar-refractivity contribution >= 4 is 13.1 Å². The van der Waals surface area contributed by atoms with Crippen LogP contribution in [0.25, 0.3) is 0 Å². The molecule has 0 aromatic heterocycles. The fourth-order valence-electron chi connectivity index (χ4n) is 0.728. The van der Waals surface area contributed by atoms with E-state index in [2.05, 4.69) is 6.58 Å². The third-order valence-electron chi connectivity index (χ3n) is 1.21. The van der Waals surface area contributed by atoms with Crippen LogP contribution in [0.1, 0.15) is 20.8 Å². The molecule has 0 N–H and O–H groups in total. The molecule has 0 heterocycles. The van der Waals surface area contributed by atoms with E-state index in [0.717, 1.165) is 0 Å². The second-order valence-corrected chi connectivity index (χ2v) is 4.34. The zero-order valence-electron chi connectivity index (χ0n) is 8.20. The maximum atomic E-state index is 11.7. The zero-order valence-corrected chi connectivity index (χ0v) is 9.10. The van der Waals surface area contributed by atoms with Crippen LogP contribution in [0.5, 0.6) is 0 Å². The van der Waals surface area contributed by atoms with E-state index < -0.39 is 13.1 Å². The highest BCUT2D eigenvalue weighted by atomic mass is 31.2. The summed E-state index contributed by atoms with van der Waals surface area (Å²) in [6.07, 6.45) is 0. The quantitative estimate of drug-likeness (QED) is 0.494. The molecule has 0 saturated carbocycles. The standard InChI is InChI=1S/C8H15O4P/c1-5-11-13(10,12-6-2)8(9)7(3)4/h3,5-6H2,1-2,4H3. The summed E-state index contributed by atoms with van der Waals surface area (Å²) in [5.74, 6) is 0. The maximum absolute atomic E-state index is 11.7. The Hall–Kier alpha value is -0.440. The number of rotatable bonds is 6. The SMILES string of the molecule is C=C(C)C(=O)P(=O)(OCC)OCC. The van der Waals surface area contributed by atoms with Gasteiger partial charge in [-0.15, -0.1) is 0 Å². The number of allylic oxidation sites excluding steroid dienone is 1. The van der Waals surface area contributed by atoms with Crippen LogP contribution < -0.4 is 0 Å². The maximum Gasteiger partial charge on any atom is 0.401 e. The van der Waals surface area contributed by atoms with Gasteiger partial charge in [0, 0.05) is 0 Å². The summed E-state index contributed by atoms with van der Waals surface area (Å²) in [5.41, 5.74) is -0.457. The van der Waals surface area contributed by atoms with Gasteiger partial charge in [-0.1, -0.05) is 6.58 Å². The largest absolute Gasteiger partial charge is 0.401 e. The van der Waals surface area contributed by atoms with E-state index >= 15 is 0 Å². The smallest absolute Gasteiger partial charge is 0.303 e. The summed E-state index contributed by atoms with van der Waals surface area (Å²) in [7, 11) is -3.60. The molecule has 0 aliphatic carbocycles. The Bertz CT molecular complexity index is 237. The van der Waals surface area contributed by atoms with Gasteiger partial charge >= 0.3 is 7.60 Å². The fourth-order valence-corrected chi connectivity index (χ4v) is 2.18. The average molecular weight is 206 g/mol. The molecule has 76 valence electrons. The molecule has 0 radical (unpaired) electrons. The summed E-state index contributed by atoms with van der Waals surface area (Å²) < 4.78 is 21.3. The normalized spacial score (nSPS) is 11.3. The van der Waals surface area contributed by atoms with E-state index in [1.54, 1.807) is 13.8 Å². The van der Waals surface area contributed by atoms with Crippen molar-refractivity contribution in [3.63, 3.8) is 0 Å². The van der Waals surface area contributed by atoms with E-state index in [0.29, 0.717) is 0 Å². The second kappa shape index (κ2) is 5.32. The van der Waals surface area contributed by atoms with Gasteiger partial charge in [-0.25, -0.2) is 0 Å². The van der Waals surface area contributed by atoms with E-state index in [1.807, 2.05) is 0 Å². The third kappa shape index (κ3) is 3.43. The molecule has 0 rings (SSSR count). The minimum absolute atomic E-state index is 0.177. The molecule has 0 aliphatic rings. The molecule has 0 amide bonds. The van der Waals surface area contributed by atoms with Gasteiger partial charge in [0.15, 0.2) is 0 Å². The van der Waals surface area contributed by atoms with Crippen LogP contribution in [0.4, 0.5) is 0 Å². The van der Waals surface area contributed by atoms with Gasteiger partial charge in [0.2, 0.25) is 0 Å². The summed E-state index contributed by atoms with van der Waals surface area (Å²) in [6, 6.07) is 0. The van der Waals surface area contributed by atoms with E-state index in [-0.39, 0.29) is 18.8 Å². The van der Waals surface area contributed by atoms with E-state index in [9.17, 15) is 9.36 Å². The molecule has 0 saturated heterocycles. The van der Waals surface area contributed by atoms with Gasteiger partial charge < -0.3 is 9.05 Å². The summed E-state index contributed by atoms with van der Waals surface area (Å²) in [5, 5.41) is 0. The molecule has 4 nitrogen and oxygen atoms in total. The molecule has 0 unspecified atom stereocenters. The van der Waals surface area contributed by atoms with Crippen molar-refractivity contribution < 1.29 is 18.4 Å². The van der Waals surface area contributed by atoms with Crippen LogP contribution in [0.15, 0.2) is 12.2 Å². The van der Waals surface area contributed by atoms with Crippen molar-refractivity contribution in [3.8, 4) is 0 Å². The molecule has 0 atom stereocenters. The topological polar surface area (TPSA) is 52.6 Å². The minimum Gasteiger partial charge on any atom is -0.303 e. The van der Waals surface area contributed by atoms with Gasteiger partial charge in [0.1, 0.15) is 0 Å². The van der Waals surface area contributed by atoms with Crippen LogP contribution in [0, 0.1) is 0 Å². The zero-order chi connectivity index (χ0) is 10.5. The van der Waals surface area contributed by atoms with E-state index in [4.69, 9.17) is 9.05 Å². The molecule has 5 heteroatoms. The van der Waals surface area contributed by atoms with Gasteiger partial charge in [-0.3, -0.25) is 9.36 Å². The molecule has 0 spiro atoms. The fraction of sp³-hybridized carbons (Fsp3) is 0.625. The number of carbonyl (C=O) groups is 1. The Morgan fingerprint density at radius 2 is 1.69 bits per heavy atom. The molecular weight excluding hydrogens is 191 g/mol. The van der Waals surface area contributed by atoms with Crippen LogP contribution in [-0.4, -0.2) is 18.7 Å². The molecule has 0 aliphatic heterocycles. The molecule has 0 aromatic rings. The lowest BCUT2D eigenvalue weighted by Gasteiger charge is -2.14. The summed E-state index contributed by atoms with van der Waals surface area (Å²) in [4.78, 5) is 11.3. The van der Waals surface area contributed by atoms with Crippen LogP contribution >= 0.6 is 7.60 Å². The molecule has 0 bridgehead atoms. The third-order valence-corrected chi connectivity index (χ3v) is 3.29. The van der Waals surface area contributed by atoms with E-state index in [1.165, 1.54) is 6.92 Å². The summed E-state index contributed by atoms with van der Waals surface area (Å²) in [6.45, 7) is 8.54. The number of hydrogen-bond donors (Lipinski definition) is 0. The van der Waals surface area contributed by atoms with Crippen molar-refractivity contribution in [2.45, 2.75) is 20.8 Å². The van der Waals surface area contributed by atoms with Gasteiger partial charge in [-0.05, 0) is 26.3 Å². The van der Waals surface area contributed by atoms with Gasteiger partial charge in [0.25, 0.3) is 5.52 Å². The highest BCUT2D eigenvalue weighted by Gasteiger charge is 2.34. The monoisotopic (exact) mass is 206 g/mol.